The van der Waals surface area contributed by atoms with Gasteiger partial charge in [0, 0.05) is 76.5 Å². The highest BCUT2D eigenvalue weighted by atomic mass is 16.5. The van der Waals surface area contributed by atoms with E-state index >= 15 is 0 Å². The van der Waals surface area contributed by atoms with Crippen LogP contribution in [0, 0.1) is 34.0 Å². The molecule has 1 heterocycles. The predicted molar refractivity (Wildman–Crippen MR) is 119 cm³/mol. The second-order valence-electron chi connectivity index (χ2n) is 11.9. The van der Waals surface area contributed by atoms with Crippen LogP contribution in [0.5, 0.6) is 0 Å². The van der Waals surface area contributed by atoms with E-state index in [0.717, 1.165) is 12.8 Å². The molecule has 3 N–H and O–H groups in total. The molecular weight excluding hydrogens is 442 g/mol. The molecule has 0 amide bonds. The standard InChI is InChI=1S/C25H39NO8/c1-6-26-10-21(12-31-2)14(28)7-15(32-3)25-13-8-23(29)16(33-4)9-24(30,22(13,23)11-27)17(20(25)26)18(34-5)19(21)25/h11,13-20,28-30H,6-10,12H2,1-5H3/t13-,14?,15+,16+,17+,18+,19-,20-,21+,22-,23+,24+,25+/m1/s1. The molecule has 9 nitrogen and oxygen atoms in total. The van der Waals surface area contributed by atoms with Gasteiger partial charge in [-0.05, 0) is 18.9 Å². The topological polar surface area (TPSA) is 118 Å². The molecule has 6 fully saturated rings. The summed E-state index contributed by atoms with van der Waals surface area (Å²) >= 11 is 0. The zero-order valence-corrected chi connectivity index (χ0v) is 20.8. The number of aldehydes is 1. The molecule has 5 saturated carbocycles. The van der Waals surface area contributed by atoms with Crippen molar-refractivity contribution in [2.45, 2.75) is 67.8 Å². The Bertz CT molecular complexity index is 889. The number of aliphatic hydroxyl groups is 3. The molecule has 1 saturated heterocycles. The fraction of sp³-hybridized carbons (Fsp3) is 0.960. The highest BCUT2D eigenvalue weighted by Crippen LogP contribution is 2.86. The van der Waals surface area contributed by atoms with Crippen molar-refractivity contribution in [1.29, 1.82) is 0 Å². The van der Waals surface area contributed by atoms with Gasteiger partial charge in [0.2, 0.25) is 0 Å². The second-order valence-corrected chi connectivity index (χ2v) is 11.9. The van der Waals surface area contributed by atoms with Crippen molar-refractivity contribution >= 4 is 6.29 Å². The first-order valence-electron chi connectivity index (χ1n) is 12.6. The molecule has 0 aromatic rings. The summed E-state index contributed by atoms with van der Waals surface area (Å²) in [6.45, 7) is 3.78. The quantitative estimate of drug-likeness (QED) is 0.412. The first-order chi connectivity index (χ1) is 16.2. The van der Waals surface area contributed by atoms with Crippen molar-refractivity contribution < 1.29 is 39.1 Å². The van der Waals surface area contributed by atoms with Crippen molar-refractivity contribution in [3.05, 3.63) is 0 Å². The monoisotopic (exact) mass is 481 g/mol. The SMILES string of the molecule is CCN1C[C@]2(COC)C(O)C[C@H](OC)[C@@]34[C@@H]2[C@@H](OC)[C@@H]([C@@H]13)[C@@]1(O)C[C@H](OC)[C@@]2(O)C[C@@H]4[C@@]12C=O. The lowest BCUT2D eigenvalue weighted by Gasteiger charge is -2.76. The van der Waals surface area contributed by atoms with E-state index in [1.54, 1.807) is 21.3 Å². The molecule has 1 aliphatic heterocycles. The summed E-state index contributed by atoms with van der Waals surface area (Å²) in [4.78, 5) is 15.5. The maximum absolute atomic E-state index is 13.1. The van der Waals surface area contributed by atoms with E-state index in [9.17, 15) is 20.1 Å². The number of hydrogen-bond donors (Lipinski definition) is 3. The number of rotatable bonds is 7. The molecule has 6 rings (SSSR count). The normalized spacial score (nSPS) is 61.2. The lowest BCUT2D eigenvalue weighted by molar-refractivity contribution is -0.359. The Hall–Kier alpha value is -0.650. The maximum atomic E-state index is 13.1. The number of ether oxygens (including phenoxy) is 4. The zero-order valence-electron chi connectivity index (χ0n) is 20.8. The van der Waals surface area contributed by atoms with Crippen molar-refractivity contribution in [3.63, 3.8) is 0 Å². The lowest BCUT2D eigenvalue weighted by Crippen LogP contribution is -2.86. The maximum Gasteiger partial charge on any atom is 0.132 e. The molecule has 0 radical (unpaired) electrons. The Morgan fingerprint density at radius 2 is 1.74 bits per heavy atom. The number of piperidine rings is 1. The van der Waals surface area contributed by atoms with Gasteiger partial charge in [0.25, 0.3) is 0 Å². The number of hydrogen-bond acceptors (Lipinski definition) is 9. The van der Waals surface area contributed by atoms with E-state index in [4.69, 9.17) is 18.9 Å². The Morgan fingerprint density at radius 1 is 1.03 bits per heavy atom. The van der Waals surface area contributed by atoms with Crippen LogP contribution in [0.25, 0.3) is 0 Å². The number of fused-ring (bicyclic) bond motifs is 1. The summed E-state index contributed by atoms with van der Waals surface area (Å²) < 4.78 is 23.9. The first kappa shape index (κ1) is 23.7. The van der Waals surface area contributed by atoms with Crippen LogP contribution in [0.1, 0.15) is 26.2 Å². The van der Waals surface area contributed by atoms with Crippen LogP contribution in [0.4, 0.5) is 0 Å². The number of aliphatic hydroxyl groups excluding tert-OH is 1. The second kappa shape index (κ2) is 7.01. The van der Waals surface area contributed by atoms with Gasteiger partial charge in [-0.15, -0.1) is 0 Å². The molecule has 0 aromatic heterocycles. The average Bonchev–Trinajstić information content (AvgIpc) is 3.13. The van der Waals surface area contributed by atoms with Crippen molar-refractivity contribution in [2.24, 2.45) is 34.0 Å². The van der Waals surface area contributed by atoms with Crippen LogP contribution in [0.2, 0.25) is 0 Å². The minimum absolute atomic E-state index is 0.113. The third-order valence-corrected chi connectivity index (χ3v) is 11.8. The molecule has 5 bridgehead atoms. The van der Waals surface area contributed by atoms with Crippen LogP contribution in [0.3, 0.4) is 0 Å². The van der Waals surface area contributed by atoms with E-state index < -0.39 is 51.7 Å². The molecule has 9 heteroatoms. The van der Waals surface area contributed by atoms with Crippen LogP contribution in [0.15, 0.2) is 0 Å². The van der Waals surface area contributed by atoms with Gasteiger partial charge >= 0.3 is 0 Å². The molecule has 34 heavy (non-hydrogen) atoms. The summed E-state index contributed by atoms with van der Waals surface area (Å²) in [5.74, 6) is -0.974. The predicted octanol–water partition coefficient (Wildman–Crippen LogP) is -0.550. The van der Waals surface area contributed by atoms with Gasteiger partial charge in [-0.2, -0.15) is 0 Å². The largest absolute Gasteiger partial charge is 0.392 e. The third-order valence-electron chi connectivity index (χ3n) is 11.8. The van der Waals surface area contributed by atoms with Crippen molar-refractivity contribution in [3.8, 4) is 0 Å². The Balaban J connectivity index is 1.68. The number of methoxy groups -OCH3 is 4. The molecule has 5 aliphatic carbocycles. The molecule has 0 aromatic carbocycles. The zero-order chi connectivity index (χ0) is 24.5. The molecular formula is C25H39NO8. The minimum atomic E-state index is -1.50. The van der Waals surface area contributed by atoms with Crippen LogP contribution >= 0.6 is 0 Å². The van der Waals surface area contributed by atoms with Crippen molar-refractivity contribution in [1.82, 2.24) is 4.90 Å². The first-order valence-corrected chi connectivity index (χ1v) is 12.6. The van der Waals surface area contributed by atoms with E-state index in [2.05, 4.69) is 11.8 Å². The number of carbonyl (C=O) groups is 1. The summed E-state index contributed by atoms with van der Waals surface area (Å²) in [5.41, 5.74) is -5.54. The van der Waals surface area contributed by atoms with Crippen LogP contribution < -0.4 is 0 Å². The highest BCUT2D eigenvalue weighted by Gasteiger charge is 2.96. The number of likely N-dealkylation sites (tertiary alicyclic amines) is 1. The minimum Gasteiger partial charge on any atom is -0.392 e. The fourth-order valence-corrected chi connectivity index (χ4v) is 11.1. The van der Waals surface area contributed by atoms with Gasteiger partial charge in [0.1, 0.15) is 11.9 Å². The van der Waals surface area contributed by atoms with Gasteiger partial charge in [0.05, 0.1) is 42.0 Å². The van der Waals surface area contributed by atoms with Gasteiger partial charge in [0.15, 0.2) is 0 Å². The van der Waals surface area contributed by atoms with Gasteiger partial charge in [-0.3, -0.25) is 4.90 Å². The molecule has 1 unspecified atom stereocenters. The Kier molecular flexibility index (Phi) is 4.89. The molecule has 192 valence electrons. The molecule has 13 atom stereocenters. The highest BCUT2D eigenvalue weighted by molar-refractivity contribution is 5.72. The number of carbonyl (C=O) groups excluding carboxylic acids is 1. The average molecular weight is 482 g/mol. The third kappa shape index (κ3) is 1.96. The van der Waals surface area contributed by atoms with Crippen LogP contribution in [-0.4, -0.2) is 116 Å². The van der Waals surface area contributed by atoms with Gasteiger partial charge < -0.3 is 39.1 Å². The lowest BCUT2D eigenvalue weighted by atomic mass is 9.32. The smallest absolute Gasteiger partial charge is 0.132 e. The van der Waals surface area contributed by atoms with E-state index in [0.29, 0.717) is 26.0 Å². The summed E-state index contributed by atoms with van der Waals surface area (Å²) in [6.07, 6.45) is -0.341. The van der Waals surface area contributed by atoms with Crippen LogP contribution in [-0.2, 0) is 23.7 Å². The molecule has 6 aliphatic rings. The fourth-order valence-electron chi connectivity index (χ4n) is 11.1. The Labute approximate surface area is 200 Å². The summed E-state index contributed by atoms with van der Waals surface area (Å²) in [5, 5.41) is 36.2. The van der Waals surface area contributed by atoms with E-state index in [1.807, 2.05) is 0 Å². The summed E-state index contributed by atoms with van der Waals surface area (Å²) in [6, 6.07) is -0.113. The van der Waals surface area contributed by atoms with E-state index in [1.165, 1.54) is 7.11 Å². The summed E-state index contributed by atoms with van der Waals surface area (Å²) in [7, 11) is 6.52. The van der Waals surface area contributed by atoms with E-state index in [-0.39, 0.29) is 30.4 Å². The van der Waals surface area contributed by atoms with Crippen molar-refractivity contribution in [2.75, 3.05) is 48.1 Å². The number of nitrogens with zero attached hydrogens (tertiary/aromatic N) is 1. The molecule has 1 spiro atoms. The Morgan fingerprint density at radius 3 is 2.29 bits per heavy atom. The van der Waals surface area contributed by atoms with Gasteiger partial charge in [-0.25, -0.2) is 0 Å². The van der Waals surface area contributed by atoms with Gasteiger partial charge in [-0.1, -0.05) is 6.92 Å².